The van der Waals surface area contributed by atoms with Gasteiger partial charge in [-0.1, -0.05) is 36.4 Å². The minimum absolute atomic E-state index is 0.175. The van der Waals surface area contributed by atoms with Crippen LogP contribution < -0.4 is 14.8 Å². The Bertz CT molecular complexity index is 1430. The highest BCUT2D eigenvalue weighted by molar-refractivity contribution is 7.16. The maximum atomic E-state index is 13.9. The molecule has 2 amide bonds. The first-order valence-corrected chi connectivity index (χ1v) is 12.8. The van der Waals surface area contributed by atoms with Gasteiger partial charge in [-0.15, -0.1) is 11.3 Å². The quantitative estimate of drug-likeness (QED) is 0.373. The van der Waals surface area contributed by atoms with Crippen molar-refractivity contribution in [3.05, 3.63) is 82.9 Å². The van der Waals surface area contributed by atoms with E-state index in [1.807, 2.05) is 84.5 Å². The van der Waals surface area contributed by atoms with Crippen LogP contribution in [-0.4, -0.2) is 40.5 Å². The molecule has 186 valence electrons. The molecule has 2 aromatic carbocycles. The van der Waals surface area contributed by atoms with Crippen molar-refractivity contribution in [2.75, 3.05) is 13.7 Å². The zero-order chi connectivity index (χ0) is 25.3. The van der Waals surface area contributed by atoms with E-state index in [1.54, 1.807) is 23.3 Å². The highest BCUT2D eigenvalue weighted by Crippen LogP contribution is 2.36. The topological polar surface area (TPSA) is 72.8 Å². The molecule has 0 radical (unpaired) electrons. The van der Waals surface area contributed by atoms with Gasteiger partial charge in [0.25, 0.3) is 5.91 Å². The molecule has 0 bridgehead atoms. The minimum Gasteiger partial charge on any atom is -0.496 e. The minimum atomic E-state index is -1.12. The Hall–Kier alpha value is -3.78. The zero-order valence-electron chi connectivity index (χ0n) is 20.6. The summed E-state index contributed by atoms with van der Waals surface area (Å²) in [7, 11) is 1.61. The van der Waals surface area contributed by atoms with Crippen LogP contribution >= 0.6 is 11.3 Å². The predicted octanol–water partition coefficient (Wildman–Crippen LogP) is 4.84. The average molecular weight is 504 g/mol. The van der Waals surface area contributed by atoms with E-state index in [2.05, 4.69) is 5.32 Å². The number of nitrogens with one attached hydrogen (secondary N) is 1. The van der Waals surface area contributed by atoms with Crippen LogP contribution in [0.3, 0.4) is 0 Å². The number of fused-ring (bicyclic) bond motifs is 3. The van der Waals surface area contributed by atoms with E-state index in [9.17, 15) is 9.59 Å². The highest BCUT2D eigenvalue weighted by atomic mass is 32.1. The summed E-state index contributed by atoms with van der Waals surface area (Å²) in [6.45, 7) is 5.19. The lowest BCUT2D eigenvalue weighted by molar-refractivity contribution is -0.133. The first-order valence-electron chi connectivity index (χ1n) is 12.0. The SMILES string of the molecule is CCOc1ccccc1CN1C(=O)c2cc3ccsc3n2C[C@@]1(C)C(=O)NCc1ccccc1OC. The number of carbonyl (C=O) groups excluding carboxylic acids is 2. The van der Waals surface area contributed by atoms with Crippen molar-refractivity contribution >= 4 is 33.4 Å². The fourth-order valence-corrected chi connectivity index (χ4v) is 5.72. The monoisotopic (exact) mass is 503 g/mol. The summed E-state index contributed by atoms with van der Waals surface area (Å²) in [5.74, 6) is 1.02. The summed E-state index contributed by atoms with van der Waals surface area (Å²) in [5.41, 5.74) is 1.20. The van der Waals surface area contributed by atoms with Crippen LogP contribution in [0, 0.1) is 0 Å². The molecule has 0 fully saturated rings. The van der Waals surface area contributed by atoms with Crippen LogP contribution in [0.25, 0.3) is 10.2 Å². The van der Waals surface area contributed by atoms with Crippen molar-refractivity contribution in [1.29, 1.82) is 0 Å². The number of para-hydroxylation sites is 2. The third-order valence-electron chi connectivity index (χ3n) is 6.75. The van der Waals surface area contributed by atoms with E-state index in [4.69, 9.17) is 9.47 Å². The van der Waals surface area contributed by atoms with Gasteiger partial charge >= 0.3 is 0 Å². The molecule has 7 nitrogen and oxygen atoms in total. The van der Waals surface area contributed by atoms with Gasteiger partial charge in [0.1, 0.15) is 27.6 Å². The van der Waals surface area contributed by atoms with Crippen molar-refractivity contribution in [3.8, 4) is 11.5 Å². The number of ether oxygens (including phenoxy) is 2. The summed E-state index contributed by atoms with van der Waals surface area (Å²) in [5, 5.41) is 6.09. The normalized spacial score (nSPS) is 17.2. The number of hydrogen-bond donors (Lipinski definition) is 1. The molecule has 0 saturated heterocycles. The first-order chi connectivity index (χ1) is 17.5. The van der Waals surface area contributed by atoms with E-state index in [1.165, 1.54) is 0 Å². The molecule has 0 saturated carbocycles. The third-order valence-corrected chi connectivity index (χ3v) is 7.70. The van der Waals surface area contributed by atoms with Crippen LogP contribution in [0.15, 0.2) is 66.0 Å². The van der Waals surface area contributed by atoms with Crippen molar-refractivity contribution in [3.63, 3.8) is 0 Å². The van der Waals surface area contributed by atoms with Crippen molar-refractivity contribution in [1.82, 2.24) is 14.8 Å². The molecule has 1 atom stereocenters. The Kier molecular flexibility index (Phi) is 6.45. The summed E-state index contributed by atoms with van der Waals surface area (Å²) in [6.07, 6.45) is 0. The predicted molar refractivity (Wildman–Crippen MR) is 141 cm³/mol. The van der Waals surface area contributed by atoms with Gasteiger partial charge in [0.2, 0.25) is 5.91 Å². The largest absolute Gasteiger partial charge is 0.496 e. The standard InChI is InChI=1S/C28H29N3O4S/c1-4-35-24-12-8-6-10-21(24)17-31-25(32)22-15-19-13-14-36-26(19)30(22)18-28(31,2)27(33)29-16-20-9-5-7-11-23(20)34-3/h5-15H,4,16-18H2,1-3H3,(H,29,33)/t28-/m0/s1. The Morgan fingerprint density at radius 2 is 1.81 bits per heavy atom. The van der Waals surface area contributed by atoms with Gasteiger partial charge in [0, 0.05) is 23.1 Å². The fraction of sp³-hybridized carbons (Fsp3) is 0.286. The molecule has 4 aromatic rings. The number of thiophene rings is 1. The van der Waals surface area contributed by atoms with Gasteiger partial charge in [-0.25, -0.2) is 0 Å². The Labute approximate surface area is 214 Å². The summed E-state index contributed by atoms with van der Waals surface area (Å²) < 4.78 is 13.2. The lowest BCUT2D eigenvalue weighted by Crippen LogP contribution is -2.63. The molecule has 8 heteroatoms. The van der Waals surface area contributed by atoms with E-state index in [0.29, 0.717) is 36.9 Å². The number of methoxy groups -OCH3 is 1. The van der Waals surface area contributed by atoms with E-state index in [0.717, 1.165) is 21.3 Å². The number of amides is 2. The number of aromatic nitrogens is 1. The van der Waals surface area contributed by atoms with Crippen molar-refractivity contribution < 1.29 is 19.1 Å². The molecule has 36 heavy (non-hydrogen) atoms. The fourth-order valence-electron chi connectivity index (χ4n) is 4.82. The molecule has 0 spiro atoms. The van der Waals surface area contributed by atoms with Crippen molar-refractivity contribution in [2.45, 2.75) is 39.0 Å². The van der Waals surface area contributed by atoms with Gasteiger partial charge in [-0.2, -0.15) is 0 Å². The summed E-state index contributed by atoms with van der Waals surface area (Å²) >= 11 is 1.58. The molecule has 1 aliphatic heterocycles. The second-order valence-corrected chi connectivity index (χ2v) is 9.89. The molecule has 3 heterocycles. The molecule has 1 aliphatic rings. The summed E-state index contributed by atoms with van der Waals surface area (Å²) in [6, 6.07) is 19.2. The average Bonchev–Trinajstić information content (AvgIpc) is 3.49. The van der Waals surface area contributed by atoms with Crippen LogP contribution in [0.5, 0.6) is 11.5 Å². The Morgan fingerprint density at radius 3 is 2.56 bits per heavy atom. The number of rotatable bonds is 8. The van der Waals surface area contributed by atoms with E-state index >= 15 is 0 Å². The van der Waals surface area contributed by atoms with Crippen LogP contribution in [0.1, 0.15) is 35.5 Å². The first kappa shape index (κ1) is 23.9. The second-order valence-electron chi connectivity index (χ2n) is 9.00. The Morgan fingerprint density at radius 1 is 1.08 bits per heavy atom. The smallest absolute Gasteiger partial charge is 0.271 e. The van der Waals surface area contributed by atoms with Gasteiger partial charge in [0.15, 0.2) is 0 Å². The lowest BCUT2D eigenvalue weighted by atomic mass is 9.93. The maximum Gasteiger partial charge on any atom is 0.271 e. The molecular formula is C28H29N3O4S. The molecule has 1 N–H and O–H groups in total. The van der Waals surface area contributed by atoms with Gasteiger partial charge in [-0.3, -0.25) is 9.59 Å². The maximum absolute atomic E-state index is 13.9. The molecule has 0 aliphatic carbocycles. The number of carbonyl (C=O) groups is 2. The zero-order valence-corrected chi connectivity index (χ0v) is 21.4. The van der Waals surface area contributed by atoms with Crippen LogP contribution in [0.4, 0.5) is 0 Å². The number of hydrogen-bond acceptors (Lipinski definition) is 5. The third kappa shape index (κ3) is 4.11. The van der Waals surface area contributed by atoms with E-state index < -0.39 is 5.54 Å². The van der Waals surface area contributed by atoms with Gasteiger partial charge in [0.05, 0.1) is 26.8 Å². The highest BCUT2D eigenvalue weighted by Gasteiger charge is 2.48. The number of nitrogens with zero attached hydrogens (tertiary/aromatic N) is 2. The lowest BCUT2D eigenvalue weighted by Gasteiger charge is -2.44. The van der Waals surface area contributed by atoms with Crippen LogP contribution in [0.2, 0.25) is 0 Å². The summed E-state index contributed by atoms with van der Waals surface area (Å²) in [4.78, 5) is 30.5. The second kappa shape index (κ2) is 9.70. The molecular weight excluding hydrogens is 474 g/mol. The molecule has 2 aromatic heterocycles. The van der Waals surface area contributed by atoms with Gasteiger partial charge in [-0.05, 0) is 43.5 Å². The molecule has 0 unspecified atom stereocenters. The number of benzene rings is 2. The Balaban J connectivity index is 1.52. The van der Waals surface area contributed by atoms with Crippen LogP contribution in [-0.2, 0) is 24.4 Å². The van der Waals surface area contributed by atoms with Gasteiger partial charge < -0.3 is 24.3 Å². The van der Waals surface area contributed by atoms with E-state index in [-0.39, 0.29) is 18.4 Å². The molecule has 5 rings (SSSR count). The van der Waals surface area contributed by atoms with Crippen molar-refractivity contribution in [2.24, 2.45) is 0 Å².